The number of rotatable bonds is 5. The van der Waals surface area contributed by atoms with Gasteiger partial charge in [-0.2, -0.15) is 13.2 Å². The lowest BCUT2D eigenvalue weighted by Gasteiger charge is -2.35. The van der Waals surface area contributed by atoms with Gasteiger partial charge in [-0.15, -0.1) is 0 Å². The Labute approximate surface area is 185 Å². The molecule has 32 heavy (non-hydrogen) atoms. The minimum absolute atomic E-state index is 0.0410. The number of ether oxygens (including phenoxy) is 1. The smallest absolute Gasteiger partial charge is 0.417 e. The predicted octanol–water partition coefficient (Wildman–Crippen LogP) is 6.17. The number of halogens is 3. The number of alkyl halides is 3. The van der Waals surface area contributed by atoms with Crippen LogP contribution in [0.1, 0.15) is 50.3 Å². The second-order valence-electron chi connectivity index (χ2n) is 7.86. The molecule has 4 rings (SSSR count). The summed E-state index contributed by atoms with van der Waals surface area (Å²) in [7, 11) is 0. The average molecular weight is 442 g/mol. The van der Waals surface area contributed by atoms with Gasteiger partial charge in [0.15, 0.2) is 0 Å². The van der Waals surface area contributed by atoms with E-state index in [0.717, 1.165) is 62.2 Å². The third-order valence-corrected chi connectivity index (χ3v) is 5.84. The molecule has 0 unspecified atom stereocenters. The lowest BCUT2D eigenvalue weighted by atomic mass is 9.85. The molecule has 0 atom stereocenters. The first kappa shape index (κ1) is 22.0. The van der Waals surface area contributed by atoms with Crippen LogP contribution in [-0.2, 0) is 6.18 Å². The van der Waals surface area contributed by atoms with Gasteiger partial charge in [0.2, 0.25) is 11.8 Å². The van der Waals surface area contributed by atoms with Crippen LogP contribution in [0.4, 0.5) is 13.2 Å². The number of nitrogens with zero attached hydrogens (tertiary/aromatic N) is 4. The van der Waals surface area contributed by atoms with Gasteiger partial charge in [0.25, 0.3) is 0 Å². The fraction of sp³-hybridized carbons (Fsp3) is 0.375. The zero-order chi connectivity index (χ0) is 22.6. The Bertz CT molecular complexity index is 1020. The van der Waals surface area contributed by atoms with Crippen molar-refractivity contribution in [2.75, 3.05) is 6.54 Å². The quantitative estimate of drug-likeness (QED) is 0.554. The number of aromatic nitrogens is 3. The van der Waals surface area contributed by atoms with Crippen LogP contribution in [0.15, 0.2) is 60.7 Å². The summed E-state index contributed by atoms with van der Waals surface area (Å²) in [5.74, 6) is 0.250. The van der Waals surface area contributed by atoms with Gasteiger partial charge in [-0.1, -0.05) is 24.6 Å². The molecule has 0 saturated heterocycles. The topological polar surface area (TPSA) is 51.1 Å². The van der Waals surface area contributed by atoms with Crippen molar-refractivity contribution < 1.29 is 17.9 Å². The zero-order valence-corrected chi connectivity index (χ0v) is 17.8. The normalized spacial score (nSPS) is 18.7. The van der Waals surface area contributed by atoms with E-state index in [-0.39, 0.29) is 11.8 Å². The summed E-state index contributed by atoms with van der Waals surface area (Å²) in [4.78, 5) is 14.9. The van der Waals surface area contributed by atoms with E-state index in [1.54, 1.807) is 6.20 Å². The first-order valence-corrected chi connectivity index (χ1v) is 10.8. The van der Waals surface area contributed by atoms with Crippen molar-refractivity contribution in [3.05, 3.63) is 72.0 Å². The van der Waals surface area contributed by atoms with Gasteiger partial charge in [-0.3, -0.25) is 4.98 Å². The number of hydrogen-bond acceptors (Lipinski definition) is 5. The molecular weight excluding hydrogens is 417 g/mol. The maximum Gasteiger partial charge on any atom is 0.417 e. The number of pyridine rings is 1. The van der Waals surface area contributed by atoms with Crippen molar-refractivity contribution in [1.29, 1.82) is 0 Å². The van der Waals surface area contributed by atoms with E-state index in [1.807, 2.05) is 0 Å². The van der Waals surface area contributed by atoms with E-state index in [9.17, 15) is 13.2 Å². The molecule has 0 amide bonds. The molecule has 168 valence electrons. The Kier molecular flexibility index (Phi) is 6.58. The van der Waals surface area contributed by atoms with Crippen molar-refractivity contribution in [3.8, 4) is 11.8 Å². The SMILES string of the molecule is CCC(=C1CCC(N2C=CC=CC2)CC1)c1cncc(Oc2ccc(C(F)(F)F)cn2)n1. The molecule has 0 aromatic carbocycles. The lowest BCUT2D eigenvalue weighted by molar-refractivity contribution is -0.137. The highest BCUT2D eigenvalue weighted by Gasteiger charge is 2.30. The number of hydrogen-bond donors (Lipinski definition) is 0. The van der Waals surface area contributed by atoms with Crippen LogP contribution >= 0.6 is 0 Å². The Morgan fingerprint density at radius 1 is 1.09 bits per heavy atom. The fourth-order valence-corrected chi connectivity index (χ4v) is 4.21. The van der Waals surface area contributed by atoms with Gasteiger partial charge in [0.1, 0.15) is 0 Å². The van der Waals surface area contributed by atoms with Crippen LogP contribution in [-0.4, -0.2) is 32.4 Å². The predicted molar refractivity (Wildman–Crippen MR) is 116 cm³/mol. The molecule has 5 nitrogen and oxygen atoms in total. The summed E-state index contributed by atoms with van der Waals surface area (Å²) in [5.41, 5.74) is 2.47. The Morgan fingerprint density at radius 3 is 2.53 bits per heavy atom. The highest BCUT2D eigenvalue weighted by molar-refractivity contribution is 5.65. The van der Waals surface area contributed by atoms with E-state index in [2.05, 4.69) is 51.2 Å². The van der Waals surface area contributed by atoms with E-state index in [0.29, 0.717) is 6.04 Å². The Morgan fingerprint density at radius 2 is 1.91 bits per heavy atom. The highest BCUT2D eigenvalue weighted by Crippen LogP contribution is 2.35. The average Bonchev–Trinajstić information content (AvgIpc) is 2.81. The molecule has 1 aliphatic heterocycles. The summed E-state index contributed by atoms with van der Waals surface area (Å²) in [6.45, 7) is 3.06. The molecule has 3 heterocycles. The zero-order valence-electron chi connectivity index (χ0n) is 17.8. The second-order valence-corrected chi connectivity index (χ2v) is 7.86. The maximum atomic E-state index is 12.7. The molecule has 0 radical (unpaired) electrons. The van der Waals surface area contributed by atoms with Gasteiger partial charge in [-0.25, -0.2) is 9.97 Å². The van der Waals surface area contributed by atoms with Gasteiger partial charge in [0.05, 0.1) is 23.7 Å². The van der Waals surface area contributed by atoms with E-state index >= 15 is 0 Å². The van der Waals surface area contributed by atoms with E-state index in [4.69, 9.17) is 4.74 Å². The molecule has 2 aromatic rings. The third-order valence-electron chi connectivity index (χ3n) is 5.84. The molecule has 8 heteroatoms. The van der Waals surface area contributed by atoms with E-state index in [1.165, 1.54) is 17.8 Å². The van der Waals surface area contributed by atoms with Crippen LogP contribution in [0.3, 0.4) is 0 Å². The molecule has 0 spiro atoms. The third kappa shape index (κ3) is 5.18. The molecule has 1 aliphatic carbocycles. The second kappa shape index (κ2) is 9.54. The monoisotopic (exact) mass is 442 g/mol. The molecule has 2 aromatic heterocycles. The van der Waals surface area contributed by atoms with Crippen molar-refractivity contribution in [1.82, 2.24) is 19.9 Å². The molecule has 1 fully saturated rings. The Hall–Kier alpha value is -3.16. The minimum atomic E-state index is -4.44. The first-order chi connectivity index (χ1) is 15.4. The summed E-state index contributed by atoms with van der Waals surface area (Å²) in [6.07, 6.45) is 13.0. The first-order valence-electron chi connectivity index (χ1n) is 10.8. The molecule has 2 aliphatic rings. The maximum absolute atomic E-state index is 12.7. The highest BCUT2D eigenvalue weighted by atomic mass is 19.4. The summed E-state index contributed by atoms with van der Waals surface area (Å²) >= 11 is 0. The van der Waals surface area contributed by atoms with Crippen LogP contribution in [0.25, 0.3) is 5.57 Å². The standard InChI is InChI=1S/C24H25F3N4O/c1-2-20(17-6-9-19(10-7-17)31-12-4-3-5-13-31)21-15-28-16-23(30-21)32-22-11-8-18(14-29-22)24(25,26)27/h3-5,8,11-12,14-16,19H,2,6-7,9-10,13H2,1H3. The molecule has 0 N–H and O–H groups in total. The lowest BCUT2D eigenvalue weighted by Crippen LogP contribution is -2.34. The summed E-state index contributed by atoms with van der Waals surface area (Å²) < 4.78 is 43.7. The van der Waals surface area contributed by atoms with Crippen molar-refractivity contribution in [2.45, 2.75) is 51.2 Å². The summed E-state index contributed by atoms with van der Waals surface area (Å²) in [5, 5.41) is 0. The minimum Gasteiger partial charge on any atom is -0.419 e. The van der Waals surface area contributed by atoms with Gasteiger partial charge < -0.3 is 9.64 Å². The van der Waals surface area contributed by atoms with Gasteiger partial charge in [0, 0.05) is 24.8 Å². The van der Waals surface area contributed by atoms with Crippen molar-refractivity contribution in [2.24, 2.45) is 0 Å². The van der Waals surface area contributed by atoms with Crippen LogP contribution < -0.4 is 4.74 Å². The van der Waals surface area contributed by atoms with Gasteiger partial charge in [-0.05, 0) is 56.0 Å². The van der Waals surface area contributed by atoms with E-state index < -0.39 is 11.7 Å². The van der Waals surface area contributed by atoms with Crippen LogP contribution in [0.5, 0.6) is 11.8 Å². The van der Waals surface area contributed by atoms with Crippen LogP contribution in [0, 0.1) is 0 Å². The van der Waals surface area contributed by atoms with Crippen molar-refractivity contribution in [3.63, 3.8) is 0 Å². The molecular formula is C24H25F3N4O. The van der Waals surface area contributed by atoms with Gasteiger partial charge >= 0.3 is 6.18 Å². The largest absolute Gasteiger partial charge is 0.419 e. The fourth-order valence-electron chi connectivity index (χ4n) is 4.21. The summed E-state index contributed by atoms with van der Waals surface area (Å²) in [6, 6.07) is 2.66. The molecule has 0 bridgehead atoms. The molecule has 1 saturated carbocycles. The van der Waals surface area contributed by atoms with Crippen LogP contribution in [0.2, 0.25) is 0 Å². The van der Waals surface area contributed by atoms with Crippen molar-refractivity contribution >= 4 is 5.57 Å². The Balaban J connectivity index is 1.46. The number of allylic oxidation sites excluding steroid dienone is 4.